The van der Waals surface area contributed by atoms with E-state index >= 15 is 0 Å². The second kappa shape index (κ2) is 12.8. The van der Waals surface area contributed by atoms with E-state index < -0.39 is 17.8 Å². The average molecular weight is 534 g/mol. The van der Waals surface area contributed by atoms with Gasteiger partial charge in [-0.25, -0.2) is 0 Å². The zero-order chi connectivity index (χ0) is 27.9. The van der Waals surface area contributed by atoms with E-state index in [1.165, 1.54) is 6.07 Å². The molecule has 204 valence electrons. The van der Waals surface area contributed by atoms with Gasteiger partial charge in [-0.2, -0.15) is 13.2 Å². The van der Waals surface area contributed by atoms with Crippen LogP contribution in [0.25, 0.3) is 11.1 Å². The number of nitrogens with one attached hydrogen (secondary N) is 1. The topological polar surface area (TPSA) is 74.7 Å². The molecule has 3 aromatic rings. The summed E-state index contributed by atoms with van der Waals surface area (Å²) >= 11 is 0. The van der Waals surface area contributed by atoms with Gasteiger partial charge < -0.3 is 20.1 Å². The van der Waals surface area contributed by atoms with Gasteiger partial charge >= 0.3 is 6.18 Å². The van der Waals surface area contributed by atoms with Gasteiger partial charge in [0.25, 0.3) is 5.91 Å². The number of pyridine rings is 1. The van der Waals surface area contributed by atoms with E-state index in [4.69, 9.17) is 9.84 Å². The molecule has 1 atom stereocenters. The molecule has 0 saturated carbocycles. The highest BCUT2D eigenvalue weighted by atomic mass is 19.4. The molecule has 0 radical (unpaired) electrons. The maximum absolute atomic E-state index is 13.5. The Labute approximate surface area is 219 Å². The Morgan fingerprint density at radius 2 is 1.92 bits per heavy atom. The van der Waals surface area contributed by atoms with Crippen molar-refractivity contribution in [2.24, 2.45) is 5.92 Å². The van der Waals surface area contributed by atoms with Crippen LogP contribution in [0.15, 0.2) is 54.7 Å². The number of methoxy groups -OCH3 is 1. The van der Waals surface area contributed by atoms with Gasteiger partial charge in [-0.1, -0.05) is 18.2 Å². The molecule has 2 N–H and O–H groups in total. The van der Waals surface area contributed by atoms with Crippen molar-refractivity contribution in [1.82, 2.24) is 4.98 Å². The number of aliphatic hydroxyl groups is 1. The number of aromatic nitrogens is 1. The summed E-state index contributed by atoms with van der Waals surface area (Å²) in [4.78, 5) is 18.1. The summed E-state index contributed by atoms with van der Waals surface area (Å²) in [7, 11) is 2.63. The van der Waals surface area contributed by atoms with Crippen LogP contribution in [0.5, 0.6) is 0 Å². The maximum atomic E-state index is 13.5. The van der Waals surface area contributed by atoms with E-state index in [2.05, 4.69) is 21.3 Å². The molecule has 1 aliphatic heterocycles. The molecule has 1 aliphatic rings. The third-order valence-corrected chi connectivity index (χ3v) is 6.32. The number of rotatable bonds is 7. The van der Waals surface area contributed by atoms with Crippen LogP contribution in [0.2, 0.25) is 0 Å². The largest absolute Gasteiger partial charge is 0.433 e. The molecular weight excluding hydrogens is 502 g/mol. The van der Waals surface area contributed by atoms with Crippen LogP contribution >= 0.6 is 0 Å². The smallest absolute Gasteiger partial charge is 0.400 e. The van der Waals surface area contributed by atoms with Crippen LogP contribution in [-0.4, -0.2) is 56.6 Å². The number of aryl methyl sites for hydroxylation is 1. The first-order valence-electron chi connectivity index (χ1n) is 12.0. The summed E-state index contributed by atoms with van der Waals surface area (Å²) in [6, 6.07) is 13.4. The average Bonchev–Trinajstić information content (AvgIpc) is 2.93. The van der Waals surface area contributed by atoms with E-state index in [9.17, 15) is 22.4 Å². The number of hydrogen-bond donors (Lipinski definition) is 2. The number of aliphatic hydroxyl groups excluding tert-OH is 1. The Morgan fingerprint density at radius 3 is 2.61 bits per heavy atom. The molecule has 1 unspecified atom stereocenters. The van der Waals surface area contributed by atoms with Gasteiger partial charge in [-0.05, 0) is 65.9 Å². The number of nitrogens with zero attached hydrogens (tertiary/aromatic N) is 2. The van der Waals surface area contributed by atoms with E-state index in [0.717, 1.165) is 47.3 Å². The fourth-order valence-corrected chi connectivity index (χ4v) is 4.44. The van der Waals surface area contributed by atoms with Gasteiger partial charge in [-0.15, -0.1) is 0 Å². The SMILES string of the molecule is CO.COCCN1CC(CF)Cc2ccc(-c3cc(NC(=O)c4ccnc(C(F)(F)F)c4)ccc3C)cc21. The predicted molar refractivity (Wildman–Crippen MR) is 139 cm³/mol. The molecule has 38 heavy (non-hydrogen) atoms. The van der Waals surface area contributed by atoms with Crippen molar-refractivity contribution in [2.75, 3.05) is 50.8 Å². The molecule has 0 aliphatic carbocycles. The molecule has 1 aromatic heterocycles. The van der Waals surface area contributed by atoms with Crippen LogP contribution in [0.3, 0.4) is 0 Å². The summed E-state index contributed by atoms with van der Waals surface area (Å²) in [6.45, 7) is 3.34. The molecule has 10 heteroatoms. The van der Waals surface area contributed by atoms with Gasteiger partial charge in [0.05, 0.1) is 13.3 Å². The number of hydrogen-bond acceptors (Lipinski definition) is 5. The predicted octanol–water partition coefficient (Wildman–Crippen LogP) is 5.53. The molecule has 0 spiro atoms. The minimum atomic E-state index is -4.64. The number of carbonyl (C=O) groups excluding carboxylic acids is 1. The minimum Gasteiger partial charge on any atom is -0.400 e. The fourth-order valence-electron chi connectivity index (χ4n) is 4.44. The van der Waals surface area contributed by atoms with Crippen molar-refractivity contribution in [1.29, 1.82) is 0 Å². The molecule has 0 fully saturated rings. The van der Waals surface area contributed by atoms with Gasteiger partial charge in [0.1, 0.15) is 5.69 Å². The minimum absolute atomic E-state index is 0.0634. The van der Waals surface area contributed by atoms with Crippen LogP contribution < -0.4 is 10.2 Å². The molecule has 0 saturated heterocycles. The number of anilines is 2. The van der Waals surface area contributed by atoms with E-state index in [-0.39, 0.29) is 18.2 Å². The Kier molecular flexibility index (Phi) is 9.82. The zero-order valence-electron chi connectivity index (χ0n) is 21.5. The Morgan fingerprint density at radius 1 is 1.16 bits per heavy atom. The van der Waals surface area contributed by atoms with Crippen molar-refractivity contribution in [3.05, 3.63) is 77.1 Å². The highest BCUT2D eigenvalue weighted by Gasteiger charge is 2.33. The monoisotopic (exact) mass is 533 g/mol. The van der Waals surface area contributed by atoms with E-state index in [1.807, 2.05) is 25.1 Å². The lowest BCUT2D eigenvalue weighted by Crippen LogP contribution is -2.38. The number of fused-ring (bicyclic) bond motifs is 1. The van der Waals surface area contributed by atoms with Crippen LogP contribution in [-0.2, 0) is 17.3 Å². The molecule has 1 amide bonds. The first-order chi connectivity index (χ1) is 18.2. The van der Waals surface area contributed by atoms with Gasteiger partial charge in [0, 0.05) is 56.4 Å². The molecular formula is C28H31F4N3O3. The first kappa shape index (κ1) is 29.1. The first-order valence-corrected chi connectivity index (χ1v) is 12.0. The number of benzene rings is 2. The van der Waals surface area contributed by atoms with Crippen molar-refractivity contribution in [3.63, 3.8) is 0 Å². The molecule has 0 bridgehead atoms. The van der Waals surface area contributed by atoms with Gasteiger partial charge in [0.2, 0.25) is 0 Å². The van der Waals surface area contributed by atoms with Gasteiger partial charge in [0.15, 0.2) is 0 Å². The fraction of sp³-hybridized carbons (Fsp3) is 0.357. The summed E-state index contributed by atoms with van der Waals surface area (Å²) in [6.07, 6.45) is -3.01. The maximum Gasteiger partial charge on any atom is 0.433 e. The highest BCUT2D eigenvalue weighted by molar-refractivity contribution is 6.04. The van der Waals surface area contributed by atoms with E-state index in [1.54, 1.807) is 19.2 Å². The normalized spacial score (nSPS) is 14.8. The quantitative estimate of drug-likeness (QED) is 0.391. The van der Waals surface area contributed by atoms with Crippen molar-refractivity contribution >= 4 is 17.3 Å². The number of ether oxygens (including phenoxy) is 1. The van der Waals surface area contributed by atoms with Crippen molar-refractivity contribution < 1.29 is 32.2 Å². The lowest BCUT2D eigenvalue weighted by Gasteiger charge is -2.35. The number of alkyl halides is 4. The van der Waals surface area contributed by atoms with E-state index in [0.29, 0.717) is 31.8 Å². The summed E-state index contributed by atoms with van der Waals surface area (Å²) < 4.78 is 57.6. The number of amides is 1. The summed E-state index contributed by atoms with van der Waals surface area (Å²) in [5, 5.41) is 9.68. The molecule has 2 aromatic carbocycles. The second-order valence-electron chi connectivity index (χ2n) is 8.92. The van der Waals surface area contributed by atoms with Crippen molar-refractivity contribution in [2.45, 2.75) is 19.5 Å². The second-order valence-corrected chi connectivity index (χ2v) is 8.92. The Balaban J connectivity index is 0.00000195. The van der Waals surface area contributed by atoms with Crippen LogP contribution in [0, 0.1) is 12.8 Å². The number of carbonyl (C=O) groups is 1. The lowest BCUT2D eigenvalue weighted by atomic mass is 9.90. The highest BCUT2D eigenvalue weighted by Crippen LogP contribution is 2.36. The molecule has 2 heterocycles. The standard InChI is InChI=1S/C27H27F4N3O2.CH4O/c1-17-3-6-22(33-26(35)21-7-8-32-25(13-21)27(29,30)31)14-23(17)19-4-5-20-11-18(15-28)16-34(9-10-36-2)24(20)12-19;1-2/h3-8,12-14,18H,9-11,15-16H2,1-2H3,(H,33,35);2H,1H3. The number of halogens is 4. The summed E-state index contributed by atoms with van der Waals surface area (Å²) in [5.41, 5.74) is 4.07. The zero-order valence-corrected chi connectivity index (χ0v) is 21.5. The Hall–Kier alpha value is -3.50. The van der Waals surface area contributed by atoms with Crippen LogP contribution in [0.1, 0.15) is 27.2 Å². The third-order valence-electron chi connectivity index (χ3n) is 6.32. The van der Waals surface area contributed by atoms with Crippen LogP contribution in [0.4, 0.5) is 28.9 Å². The molecule has 6 nitrogen and oxygen atoms in total. The Bertz CT molecular complexity index is 1250. The van der Waals surface area contributed by atoms with Crippen molar-refractivity contribution in [3.8, 4) is 11.1 Å². The molecule has 4 rings (SSSR count). The third kappa shape index (κ3) is 6.87. The summed E-state index contributed by atoms with van der Waals surface area (Å²) in [5.74, 6) is -0.724. The lowest BCUT2D eigenvalue weighted by molar-refractivity contribution is -0.141. The van der Waals surface area contributed by atoms with Gasteiger partial charge in [-0.3, -0.25) is 14.2 Å².